The van der Waals surface area contributed by atoms with E-state index in [1.54, 1.807) is 19.1 Å². The van der Waals surface area contributed by atoms with Crippen LogP contribution in [0.15, 0.2) is 47.0 Å². The highest BCUT2D eigenvalue weighted by atomic mass is 19.1. The lowest BCUT2D eigenvalue weighted by Crippen LogP contribution is -2.35. The predicted octanol–water partition coefficient (Wildman–Crippen LogP) is 4.19. The van der Waals surface area contributed by atoms with Gasteiger partial charge in [0.2, 0.25) is 17.6 Å². The third-order valence-corrected chi connectivity index (χ3v) is 5.14. The Hall–Kier alpha value is -3.06. The van der Waals surface area contributed by atoms with E-state index in [1.165, 1.54) is 11.6 Å². The lowest BCUT2D eigenvalue weighted by Gasteiger charge is -2.27. The van der Waals surface area contributed by atoms with Crippen molar-refractivity contribution in [2.75, 3.05) is 6.54 Å². The van der Waals surface area contributed by atoms with Gasteiger partial charge in [0.15, 0.2) is 0 Å². The van der Waals surface area contributed by atoms with Gasteiger partial charge < -0.3 is 10.3 Å². The zero-order chi connectivity index (χ0) is 21.7. The van der Waals surface area contributed by atoms with Gasteiger partial charge in [0, 0.05) is 11.6 Å². The van der Waals surface area contributed by atoms with Gasteiger partial charge in [-0.2, -0.15) is 4.98 Å². The summed E-state index contributed by atoms with van der Waals surface area (Å²) in [4.78, 5) is 17.9. The minimum Gasteiger partial charge on any atom is -0.369 e. The van der Waals surface area contributed by atoms with Gasteiger partial charge in [0.25, 0.3) is 0 Å². The van der Waals surface area contributed by atoms with Crippen LogP contribution < -0.4 is 5.73 Å². The Morgan fingerprint density at radius 1 is 1.23 bits per heavy atom. The molecule has 0 spiro atoms. The van der Waals surface area contributed by atoms with E-state index < -0.39 is 5.91 Å². The van der Waals surface area contributed by atoms with E-state index in [0.717, 1.165) is 18.4 Å². The fraction of sp³-hybridized carbons (Fsp3) is 0.348. The lowest BCUT2D eigenvalue weighted by molar-refractivity contribution is -0.119. The second kappa shape index (κ2) is 9.63. The summed E-state index contributed by atoms with van der Waals surface area (Å²) in [5, 5.41) is 3.96. The first-order chi connectivity index (χ1) is 14.4. The van der Waals surface area contributed by atoms with Crippen molar-refractivity contribution in [1.82, 2.24) is 15.0 Å². The fourth-order valence-electron chi connectivity index (χ4n) is 3.33. The van der Waals surface area contributed by atoms with Crippen LogP contribution in [0.4, 0.5) is 4.39 Å². The second-order valence-electron chi connectivity index (χ2n) is 7.51. The Morgan fingerprint density at radius 2 is 1.97 bits per heavy atom. The Bertz CT molecular complexity index is 1000. The SMILES string of the molecule is CCCc1ccc(C(C)N(CC(N)=O)Cc2nc(-c3ccc(C)c(F)c3)no2)cc1. The first-order valence-electron chi connectivity index (χ1n) is 10.1. The third-order valence-electron chi connectivity index (χ3n) is 5.14. The number of carbonyl (C=O) groups excluding carboxylic acids is 1. The number of nitrogens with zero attached hydrogens (tertiary/aromatic N) is 3. The van der Waals surface area contributed by atoms with Gasteiger partial charge in [-0.1, -0.05) is 54.9 Å². The molecular weight excluding hydrogens is 383 g/mol. The molecule has 0 fully saturated rings. The Labute approximate surface area is 175 Å². The van der Waals surface area contributed by atoms with Gasteiger partial charge in [-0.25, -0.2) is 4.39 Å². The average molecular weight is 410 g/mol. The first-order valence-corrected chi connectivity index (χ1v) is 10.1. The van der Waals surface area contributed by atoms with Crippen LogP contribution in [0.3, 0.4) is 0 Å². The van der Waals surface area contributed by atoms with E-state index in [9.17, 15) is 9.18 Å². The van der Waals surface area contributed by atoms with Crippen LogP contribution >= 0.6 is 0 Å². The summed E-state index contributed by atoms with van der Waals surface area (Å²) < 4.78 is 19.2. The average Bonchev–Trinajstić information content (AvgIpc) is 3.18. The molecule has 158 valence electrons. The van der Waals surface area contributed by atoms with Crippen molar-refractivity contribution in [3.63, 3.8) is 0 Å². The zero-order valence-electron chi connectivity index (χ0n) is 17.6. The Balaban J connectivity index is 1.78. The van der Waals surface area contributed by atoms with Crippen molar-refractivity contribution < 1.29 is 13.7 Å². The van der Waals surface area contributed by atoms with E-state index in [0.29, 0.717) is 22.8 Å². The quantitative estimate of drug-likeness (QED) is 0.572. The van der Waals surface area contributed by atoms with Gasteiger partial charge in [-0.05, 0) is 43.0 Å². The minimum absolute atomic E-state index is 0.0503. The highest BCUT2D eigenvalue weighted by Gasteiger charge is 2.21. The molecule has 1 heterocycles. The molecule has 1 unspecified atom stereocenters. The lowest BCUT2D eigenvalue weighted by atomic mass is 10.0. The number of aromatic nitrogens is 2. The molecule has 0 bridgehead atoms. The topological polar surface area (TPSA) is 85.2 Å². The molecule has 1 atom stereocenters. The smallest absolute Gasteiger partial charge is 0.241 e. The van der Waals surface area contributed by atoms with Crippen molar-refractivity contribution in [2.45, 2.75) is 46.2 Å². The monoisotopic (exact) mass is 410 g/mol. The van der Waals surface area contributed by atoms with Crippen LogP contribution in [-0.4, -0.2) is 27.5 Å². The number of hydrogen-bond donors (Lipinski definition) is 1. The van der Waals surface area contributed by atoms with E-state index >= 15 is 0 Å². The molecule has 0 saturated carbocycles. The van der Waals surface area contributed by atoms with E-state index in [1.807, 2.05) is 11.8 Å². The van der Waals surface area contributed by atoms with Crippen LogP contribution in [0, 0.1) is 12.7 Å². The van der Waals surface area contributed by atoms with Crippen molar-refractivity contribution in [1.29, 1.82) is 0 Å². The zero-order valence-corrected chi connectivity index (χ0v) is 17.6. The largest absolute Gasteiger partial charge is 0.369 e. The van der Waals surface area contributed by atoms with Gasteiger partial charge >= 0.3 is 0 Å². The van der Waals surface area contributed by atoms with Crippen molar-refractivity contribution in [3.8, 4) is 11.4 Å². The number of benzene rings is 2. The number of hydrogen-bond acceptors (Lipinski definition) is 5. The van der Waals surface area contributed by atoms with Crippen LogP contribution in [0.5, 0.6) is 0 Å². The molecule has 1 aromatic heterocycles. The molecule has 3 rings (SSSR count). The maximum absolute atomic E-state index is 13.8. The van der Waals surface area contributed by atoms with Crippen LogP contribution in [0.1, 0.15) is 48.9 Å². The summed E-state index contributed by atoms with van der Waals surface area (Å²) in [7, 11) is 0. The molecule has 1 amide bonds. The highest BCUT2D eigenvalue weighted by Crippen LogP contribution is 2.24. The van der Waals surface area contributed by atoms with E-state index in [4.69, 9.17) is 10.3 Å². The maximum Gasteiger partial charge on any atom is 0.241 e. The van der Waals surface area contributed by atoms with Crippen LogP contribution in [-0.2, 0) is 17.8 Å². The highest BCUT2D eigenvalue weighted by molar-refractivity contribution is 5.76. The predicted molar refractivity (Wildman–Crippen MR) is 113 cm³/mol. The number of nitrogens with two attached hydrogens (primary N) is 1. The second-order valence-corrected chi connectivity index (χ2v) is 7.51. The maximum atomic E-state index is 13.8. The molecular formula is C23H27FN4O2. The summed E-state index contributed by atoms with van der Waals surface area (Å²) in [6.07, 6.45) is 2.12. The summed E-state index contributed by atoms with van der Waals surface area (Å²) >= 11 is 0. The number of carbonyl (C=O) groups is 1. The van der Waals surface area contributed by atoms with Crippen LogP contribution in [0.25, 0.3) is 11.4 Å². The van der Waals surface area contributed by atoms with Gasteiger partial charge in [0.05, 0.1) is 13.1 Å². The molecule has 30 heavy (non-hydrogen) atoms. The van der Waals surface area contributed by atoms with Crippen LogP contribution in [0.2, 0.25) is 0 Å². The van der Waals surface area contributed by atoms with Gasteiger partial charge in [0.1, 0.15) is 5.82 Å². The van der Waals surface area contributed by atoms with E-state index in [-0.39, 0.29) is 24.9 Å². The first kappa shape index (κ1) is 21.6. The summed E-state index contributed by atoms with van der Waals surface area (Å²) in [6, 6.07) is 13.1. The van der Waals surface area contributed by atoms with Gasteiger partial charge in [-0.3, -0.25) is 9.69 Å². The minimum atomic E-state index is -0.440. The number of aryl methyl sites for hydroxylation is 2. The molecule has 0 aliphatic heterocycles. The molecule has 7 heteroatoms. The number of primary amides is 1. The number of halogens is 1. The third kappa shape index (κ3) is 5.30. The van der Waals surface area contributed by atoms with Crippen molar-refractivity contribution >= 4 is 5.91 Å². The molecule has 2 N–H and O–H groups in total. The Kier molecular flexibility index (Phi) is 6.95. The molecule has 0 aliphatic rings. The molecule has 0 radical (unpaired) electrons. The van der Waals surface area contributed by atoms with Crippen molar-refractivity contribution in [3.05, 3.63) is 70.9 Å². The Morgan fingerprint density at radius 3 is 2.60 bits per heavy atom. The van der Waals surface area contributed by atoms with E-state index in [2.05, 4.69) is 41.3 Å². The summed E-state index contributed by atoms with van der Waals surface area (Å²) in [6.45, 7) is 6.15. The molecule has 6 nitrogen and oxygen atoms in total. The van der Waals surface area contributed by atoms with Gasteiger partial charge in [-0.15, -0.1) is 0 Å². The molecule has 2 aromatic carbocycles. The summed E-state index contributed by atoms with van der Waals surface area (Å²) in [5.41, 5.74) is 8.90. The number of rotatable bonds is 9. The fourth-order valence-corrected chi connectivity index (χ4v) is 3.33. The normalized spacial score (nSPS) is 12.3. The van der Waals surface area contributed by atoms with Crippen molar-refractivity contribution in [2.24, 2.45) is 5.73 Å². The standard InChI is InChI=1S/C23H27FN4O2/c1-4-5-17-7-10-18(11-8-17)16(3)28(13-21(25)29)14-22-26-23(27-30-22)19-9-6-15(2)20(24)12-19/h6-12,16H,4-5,13-14H2,1-3H3,(H2,25,29). The molecule has 3 aromatic rings. The number of amides is 1. The molecule has 0 aliphatic carbocycles. The molecule has 0 saturated heterocycles. The summed E-state index contributed by atoms with van der Waals surface area (Å²) in [5.74, 6) is -0.125.